The summed E-state index contributed by atoms with van der Waals surface area (Å²) < 4.78 is 4.63. The zero-order valence-corrected chi connectivity index (χ0v) is 9.64. The predicted molar refractivity (Wildman–Crippen MR) is 65.9 cm³/mol. The number of rotatable bonds is 3. The lowest BCUT2D eigenvalue weighted by Crippen LogP contribution is -2.10. The molecule has 0 radical (unpaired) electrons. The molecular weight excluding hydrogens is 234 g/mol. The van der Waals surface area contributed by atoms with Gasteiger partial charge < -0.3 is 10.1 Å². The van der Waals surface area contributed by atoms with E-state index in [1.54, 1.807) is 30.3 Å². The maximum absolute atomic E-state index is 11.4. The molecule has 0 aliphatic heterocycles. The zero-order chi connectivity index (χ0) is 13.0. The van der Waals surface area contributed by atoms with Crippen LogP contribution in [0.3, 0.4) is 0 Å². The zero-order valence-electron chi connectivity index (χ0n) is 9.64. The monoisotopic (exact) mass is 245 g/mol. The first-order chi connectivity index (χ1) is 8.69. The summed E-state index contributed by atoms with van der Waals surface area (Å²) in [5.74, 6) is 0.0823. The Labute approximate surface area is 103 Å². The molecule has 2 rings (SSSR count). The highest BCUT2D eigenvalue weighted by Gasteiger charge is 2.05. The van der Waals surface area contributed by atoms with Gasteiger partial charge >= 0.3 is 11.7 Å². The summed E-state index contributed by atoms with van der Waals surface area (Å²) in [6, 6.07) is 8.38. The number of nitrogens with zero attached hydrogens (tertiary/aromatic N) is 1. The molecule has 2 N–H and O–H groups in total. The minimum Gasteiger partial charge on any atom is -0.465 e. The first kappa shape index (κ1) is 11.8. The molecule has 1 heterocycles. The van der Waals surface area contributed by atoms with Crippen molar-refractivity contribution in [2.75, 3.05) is 12.4 Å². The van der Waals surface area contributed by atoms with Gasteiger partial charge in [0.15, 0.2) is 0 Å². The highest BCUT2D eigenvalue weighted by molar-refractivity contribution is 5.90. The molecule has 2 aromatic rings. The van der Waals surface area contributed by atoms with Crippen molar-refractivity contribution in [3.8, 4) is 0 Å². The molecule has 0 spiro atoms. The number of aromatic amines is 1. The van der Waals surface area contributed by atoms with Crippen LogP contribution < -0.4 is 11.0 Å². The number of methoxy groups -OCH3 is 1. The van der Waals surface area contributed by atoms with E-state index >= 15 is 0 Å². The first-order valence-electron chi connectivity index (χ1n) is 5.20. The Morgan fingerprint density at radius 2 is 2.22 bits per heavy atom. The molecule has 0 aliphatic carbocycles. The third kappa shape index (κ3) is 2.73. The topological polar surface area (TPSA) is 84.1 Å². The van der Waals surface area contributed by atoms with Crippen LogP contribution in [0.1, 0.15) is 10.4 Å². The largest absolute Gasteiger partial charge is 0.465 e. The third-order valence-electron chi connectivity index (χ3n) is 2.24. The molecule has 0 fully saturated rings. The van der Waals surface area contributed by atoms with Crippen LogP contribution in [0.15, 0.2) is 41.3 Å². The van der Waals surface area contributed by atoms with E-state index in [1.165, 1.54) is 13.3 Å². The van der Waals surface area contributed by atoms with Gasteiger partial charge in [0.05, 0.1) is 12.7 Å². The SMILES string of the molecule is COC(=O)c1cccc(Nc2ccnc(=O)[nH]2)c1. The molecular formula is C12H11N3O3. The van der Waals surface area contributed by atoms with Crippen LogP contribution in [0.5, 0.6) is 0 Å². The number of benzene rings is 1. The number of ether oxygens (including phenoxy) is 1. The summed E-state index contributed by atoms with van der Waals surface area (Å²) in [4.78, 5) is 28.4. The molecule has 0 bridgehead atoms. The summed E-state index contributed by atoms with van der Waals surface area (Å²) in [6.07, 6.45) is 1.39. The van der Waals surface area contributed by atoms with Crippen molar-refractivity contribution in [2.24, 2.45) is 0 Å². The van der Waals surface area contributed by atoms with E-state index < -0.39 is 11.7 Å². The maximum Gasteiger partial charge on any atom is 0.346 e. The van der Waals surface area contributed by atoms with Crippen LogP contribution in [0.25, 0.3) is 0 Å². The van der Waals surface area contributed by atoms with E-state index in [0.29, 0.717) is 17.1 Å². The minimum atomic E-state index is -0.441. The summed E-state index contributed by atoms with van der Waals surface area (Å²) in [5.41, 5.74) is 0.655. The van der Waals surface area contributed by atoms with Gasteiger partial charge in [0.2, 0.25) is 0 Å². The molecule has 0 atom stereocenters. The summed E-state index contributed by atoms with van der Waals surface area (Å²) >= 11 is 0. The minimum absolute atomic E-state index is 0.415. The normalized spacial score (nSPS) is 9.83. The molecule has 0 amide bonds. The van der Waals surface area contributed by atoms with Gasteiger partial charge in [-0.2, -0.15) is 0 Å². The summed E-state index contributed by atoms with van der Waals surface area (Å²) in [5, 5.41) is 2.96. The van der Waals surface area contributed by atoms with E-state index in [2.05, 4.69) is 20.0 Å². The fourth-order valence-electron chi connectivity index (χ4n) is 1.44. The number of esters is 1. The highest BCUT2D eigenvalue weighted by Crippen LogP contribution is 2.15. The second-order valence-corrected chi connectivity index (χ2v) is 3.49. The van der Waals surface area contributed by atoms with Gasteiger partial charge in [0.1, 0.15) is 5.82 Å². The Hall–Kier alpha value is -2.63. The molecule has 1 aromatic heterocycles. The Morgan fingerprint density at radius 3 is 2.94 bits per heavy atom. The Balaban J connectivity index is 2.24. The molecule has 1 aromatic carbocycles. The molecule has 0 unspecified atom stereocenters. The fourth-order valence-corrected chi connectivity index (χ4v) is 1.44. The summed E-state index contributed by atoms with van der Waals surface area (Å²) in [6.45, 7) is 0. The number of carbonyl (C=O) groups excluding carboxylic acids is 1. The van der Waals surface area contributed by atoms with Crippen molar-refractivity contribution >= 4 is 17.5 Å². The van der Waals surface area contributed by atoms with Gasteiger partial charge in [0, 0.05) is 11.9 Å². The van der Waals surface area contributed by atoms with Gasteiger partial charge in [-0.3, -0.25) is 4.98 Å². The second-order valence-electron chi connectivity index (χ2n) is 3.49. The molecule has 6 nitrogen and oxygen atoms in total. The molecule has 6 heteroatoms. The van der Waals surface area contributed by atoms with Crippen LogP contribution in [-0.4, -0.2) is 23.0 Å². The lowest BCUT2D eigenvalue weighted by atomic mass is 10.2. The number of aromatic nitrogens is 2. The van der Waals surface area contributed by atoms with Crippen LogP contribution in [0.4, 0.5) is 11.5 Å². The molecule has 0 aliphatic rings. The van der Waals surface area contributed by atoms with Crippen LogP contribution in [0.2, 0.25) is 0 Å². The standard InChI is InChI=1S/C12H11N3O3/c1-18-11(16)8-3-2-4-9(7-8)14-10-5-6-13-12(17)15-10/h2-7H,1H3,(H2,13,14,15,17). The number of nitrogens with one attached hydrogen (secondary N) is 2. The number of anilines is 2. The maximum atomic E-state index is 11.4. The predicted octanol–water partition coefficient (Wildman–Crippen LogP) is 1.30. The Kier molecular flexibility index (Phi) is 3.38. The van der Waals surface area contributed by atoms with Crippen molar-refractivity contribution in [2.45, 2.75) is 0 Å². The van der Waals surface area contributed by atoms with Crippen molar-refractivity contribution in [3.63, 3.8) is 0 Å². The van der Waals surface area contributed by atoms with Crippen molar-refractivity contribution < 1.29 is 9.53 Å². The lowest BCUT2D eigenvalue weighted by Gasteiger charge is -2.06. The van der Waals surface area contributed by atoms with Gasteiger partial charge in [0.25, 0.3) is 0 Å². The average molecular weight is 245 g/mol. The van der Waals surface area contributed by atoms with E-state index in [1.807, 2.05) is 0 Å². The van der Waals surface area contributed by atoms with Gasteiger partial charge in [-0.1, -0.05) is 6.07 Å². The quantitative estimate of drug-likeness (QED) is 0.796. The van der Waals surface area contributed by atoms with Crippen LogP contribution >= 0.6 is 0 Å². The Morgan fingerprint density at radius 1 is 1.39 bits per heavy atom. The third-order valence-corrected chi connectivity index (χ3v) is 2.24. The average Bonchev–Trinajstić information content (AvgIpc) is 2.38. The van der Waals surface area contributed by atoms with Crippen LogP contribution in [0, 0.1) is 0 Å². The van der Waals surface area contributed by atoms with E-state index in [-0.39, 0.29) is 0 Å². The number of hydrogen-bond acceptors (Lipinski definition) is 5. The van der Waals surface area contributed by atoms with E-state index in [9.17, 15) is 9.59 Å². The van der Waals surface area contributed by atoms with Crippen molar-refractivity contribution in [3.05, 3.63) is 52.6 Å². The fraction of sp³-hybridized carbons (Fsp3) is 0.0833. The van der Waals surface area contributed by atoms with Crippen molar-refractivity contribution in [1.29, 1.82) is 0 Å². The lowest BCUT2D eigenvalue weighted by molar-refractivity contribution is 0.0601. The molecule has 92 valence electrons. The number of hydrogen-bond donors (Lipinski definition) is 2. The van der Waals surface area contributed by atoms with Gasteiger partial charge in [-0.15, -0.1) is 0 Å². The Bertz CT molecular complexity index is 622. The van der Waals surface area contributed by atoms with Crippen molar-refractivity contribution in [1.82, 2.24) is 9.97 Å². The number of carbonyl (C=O) groups is 1. The molecule has 18 heavy (non-hydrogen) atoms. The molecule has 0 saturated carbocycles. The van der Waals surface area contributed by atoms with Gasteiger partial charge in [-0.05, 0) is 24.3 Å². The first-order valence-corrected chi connectivity index (χ1v) is 5.20. The highest BCUT2D eigenvalue weighted by atomic mass is 16.5. The number of H-pyrrole nitrogens is 1. The van der Waals surface area contributed by atoms with E-state index in [0.717, 1.165) is 0 Å². The summed E-state index contributed by atoms with van der Waals surface area (Å²) in [7, 11) is 1.32. The molecule has 0 saturated heterocycles. The van der Waals surface area contributed by atoms with Gasteiger partial charge in [-0.25, -0.2) is 14.6 Å². The second kappa shape index (κ2) is 5.13. The van der Waals surface area contributed by atoms with Crippen LogP contribution in [-0.2, 0) is 4.74 Å². The van der Waals surface area contributed by atoms with E-state index in [4.69, 9.17) is 0 Å². The smallest absolute Gasteiger partial charge is 0.346 e.